The van der Waals surface area contributed by atoms with Crippen LogP contribution in [0.25, 0.3) is 0 Å². The number of nitrogens with zero attached hydrogens (tertiary/aromatic N) is 1. The lowest BCUT2D eigenvalue weighted by molar-refractivity contribution is -0.387. The van der Waals surface area contributed by atoms with Gasteiger partial charge in [0.1, 0.15) is 6.54 Å². The van der Waals surface area contributed by atoms with Crippen molar-refractivity contribution in [1.82, 2.24) is 4.98 Å². The number of hydrogen-bond acceptors (Lipinski definition) is 1. The predicted molar refractivity (Wildman–Crippen MR) is 38.5 cm³/mol. The molecule has 9 heavy (non-hydrogen) atoms. The van der Waals surface area contributed by atoms with Crippen LogP contribution in [0.3, 0.4) is 0 Å². The van der Waals surface area contributed by atoms with Gasteiger partial charge in [-0.1, -0.05) is 15.9 Å². The lowest BCUT2D eigenvalue weighted by atomic mass is 10.4. The fourth-order valence-electron chi connectivity index (χ4n) is 0.585. The van der Waals surface area contributed by atoms with Crippen LogP contribution in [0.15, 0.2) is 22.8 Å². The van der Waals surface area contributed by atoms with E-state index < -0.39 is 0 Å². The predicted octanol–water partition coefficient (Wildman–Crippen LogP) is 0.586. The average Bonchev–Trinajstić information content (AvgIpc) is 1.88. The fraction of sp³-hybridized carbons (Fsp3) is 0.167. The Hall–Kier alpha value is -0.410. The molecule has 0 saturated carbocycles. The van der Waals surface area contributed by atoms with Crippen molar-refractivity contribution in [3.8, 4) is 0 Å². The van der Waals surface area contributed by atoms with E-state index in [2.05, 4.69) is 26.6 Å². The molecule has 0 bridgehead atoms. The van der Waals surface area contributed by atoms with Crippen molar-refractivity contribution in [3.05, 3.63) is 28.5 Å². The number of quaternary nitrogens is 1. The monoisotopic (exact) mass is 187 g/mol. The van der Waals surface area contributed by atoms with Gasteiger partial charge in [-0.3, -0.25) is 4.98 Å². The van der Waals surface area contributed by atoms with Crippen molar-refractivity contribution in [2.45, 2.75) is 6.54 Å². The molecule has 48 valence electrons. The van der Waals surface area contributed by atoms with Crippen LogP contribution in [0.1, 0.15) is 5.69 Å². The maximum atomic E-state index is 4.07. The largest absolute Gasteiger partial charge is 0.353 e. The van der Waals surface area contributed by atoms with E-state index in [1.165, 1.54) is 0 Å². The standard InChI is InChI=1S/C6H7BrN2/c7-5-1-2-9-6(3-5)4-8/h1-3H,4,8H2/p+1. The summed E-state index contributed by atoms with van der Waals surface area (Å²) in [5.41, 5.74) is 4.73. The molecule has 1 rings (SSSR count). The van der Waals surface area contributed by atoms with E-state index in [1.54, 1.807) is 6.20 Å². The van der Waals surface area contributed by atoms with E-state index in [-0.39, 0.29) is 0 Å². The Bertz CT molecular complexity index is 200. The summed E-state index contributed by atoms with van der Waals surface area (Å²) in [5.74, 6) is 0. The third-order valence-corrected chi connectivity index (χ3v) is 1.53. The molecule has 0 unspecified atom stereocenters. The van der Waals surface area contributed by atoms with Crippen LogP contribution in [0, 0.1) is 0 Å². The van der Waals surface area contributed by atoms with Crippen molar-refractivity contribution in [2.24, 2.45) is 0 Å². The molecule has 2 nitrogen and oxygen atoms in total. The molecular formula is C6H8BrN2+. The minimum absolute atomic E-state index is 0.749. The first-order valence-corrected chi connectivity index (χ1v) is 3.52. The third kappa shape index (κ3) is 1.77. The SMILES string of the molecule is [NH3+]Cc1cc(Br)ccn1. The molecule has 0 atom stereocenters. The average molecular weight is 188 g/mol. The molecule has 0 spiro atoms. The highest BCUT2D eigenvalue weighted by Crippen LogP contribution is 2.07. The van der Waals surface area contributed by atoms with Crippen LogP contribution in [0.5, 0.6) is 0 Å². The molecule has 1 aromatic rings. The molecule has 1 heterocycles. The smallest absolute Gasteiger partial charge is 0.117 e. The lowest BCUT2D eigenvalue weighted by Gasteiger charge is -1.91. The van der Waals surface area contributed by atoms with Crippen molar-refractivity contribution in [1.29, 1.82) is 0 Å². The summed E-state index contributed by atoms with van der Waals surface area (Å²) in [6.45, 7) is 0.749. The Labute approximate surface area is 62.2 Å². The number of hydrogen-bond donors (Lipinski definition) is 1. The van der Waals surface area contributed by atoms with Gasteiger partial charge in [-0.25, -0.2) is 0 Å². The summed E-state index contributed by atoms with van der Waals surface area (Å²) in [4.78, 5) is 4.07. The first kappa shape index (κ1) is 6.71. The van der Waals surface area contributed by atoms with Crippen LogP contribution in [0.2, 0.25) is 0 Å². The Balaban J connectivity index is 2.94. The molecule has 3 N–H and O–H groups in total. The summed E-state index contributed by atoms with van der Waals surface area (Å²) in [6, 6.07) is 3.87. The van der Waals surface area contributed by atoms with Crippen LogP contribution < -0.4 is 5.73 Å². The number of halogens is 1. The lowest BCUT2D eigenvalue weighted by Crippen LogP contribution is -2.47. The van der Waals surface area contributed by atoms with Crippen molar-refractivity contribution < 1.29 is 5.73 Å². The first-order valence-electron chi connectivity index (χ1n) is 2.72. The zero-order chi connectivity index (χ0) is 6.69. The second kappa shape index (κ2) is 2.94. The van der Waals surface area contributed by atoms with E-state index >= 15 is 0 Å². The topological polar surface area (TPSA) is 40.5 Å². The quantitative estimate of drug-likeness (QED) is 0.688. The zero-order valence-electron chi connectivity index (χ0n) is 4.97. The minimum Gasteiger partial charge on any atom is -0.353 e. The number of pyridine rings is 1. The van der Waals surface area contributed by atoms with Crippen LogP contribution in [-0.2, 0) is 6.54 Å². The molecule has 0 radical (unpaired) electrons. The first-order chi connectivity index (χ1) is 4.33. The second-order valence-electron chi connectivity index (χ2n) is 1.72. The number of rotatable bonds is 1. The molecule has 0 aliphatic heterocycles. The molecule has 0 amide bonds. The molecule has 0 aliphatic carbocycles. The molecule has 0 saturated heterocycles. The molecular weight excluding hydrogens is 180 g/mol. The van der Waals surface area contributed by atoms with E-state index in [1.807, 2.05) is 12.1 Å². The van der Waals surface area contributed by atoms with Gasteiger partial charge in [0.25, 0.3) is 0 Å². The normalized spacial score (nSPS) is 9.56. The fourth-order valence-corrected chi connectivity index (χ4v) is 0.968. The third-order valence-electron chi connectivity index (χ3n) is 1.03. The minimum atomic E-state index is 0.749. The van der Waals surface area contributed by atoms with Crippen LogP contribution in [-0.4, -0.2) is 4.98 Å². The summed E-state index contributed by atoms with van der Waals surface area (Å²) >= 11 is 3.34. The van der Waals surface area contributed by atoms with E-state index in [4.69, 9.17) is 0 Å². The van der Waals surface area contributed by atoms with Gasteiger partial charge in [-0.2, -0.15) is 0 Å². The maximum Gasteiger partial charge on any atom is 0.117 e. The number of aromatic nitrogens is 1. The van der Waals surface area contributed by atoms with Gasteiger partial charge in [0.05, 0.1) is 5.69 Å². The Morgan fingerprint density at radius 3 is 2.89 bits per heavy atom. The van der Waals surface area contributed by atoms with E-state index in [0.29, 0.717) is 0 Å². The molecule has 1 aromatic heterocycles. The summed E-state index contributed by atoms with van der Waals surface area (Å²) < 4.78 is 1.07. The van der Waals surface area contributed by atoms with Crippen LogP contribution >= 0.6 is 15.9 Å². The molecule has 0 fully saturated rings. The van der Waals surface area contributed by atoms with Crippen molar-refractivity contribution >= 4 is 15.9 Å². The Morgan fingerprint density at radius 2 is 2.44 bits per heavy atom. The highest BCUT2D eigenvalue weighted by Gasteiger charge is 1.91. The van der Waals surface area contributed by atoms with Gasteiger partial charge < -0.3 is 5.73 Å². The second-order valence-corrected chi connectivity index (χ2v) is 2.63. The molecule has 0 aromatic carbocycles. The zero-order valence-corrected chi connectivity index (χ0v) is 6.56. The summed E-state index contributed by atoms with van der Waals surface area (Å²) in [6.07, 6.45) is 1.77. The van der Waals surface area contributed by atoms with Crippen molar-refractivity contribution in [3.63, 3.8) is 0 Å². The van der Waals surface area contributed by atoms with Crippen molar-refractivity contribution in [2.75, 3.05) is 0 Å². The Kier molecular flexibility index (Phi) is 2.19. The van der Waals surface area contributed by atoms with Gasteiger partial charge in [0, 0.05) is 10.7 Å². The van der Waals surface area contributed by atoms with Gasteiger partial charge in [0.2, 0.25) is 0 Å². The van der Waals surface area contributed by atoms with E-state index in [9.17, 15) is 0 Å². The summed E-state index contributed by atoms with van der Waals surface area (Å²) in [5, 5.41) is 0. The Morgan fingerprint density at radius 1 is 1.67 bits per heavy atom. The van der Waals surface area contributed by atoms with E-state index in [0.717, 1.165) is 16.7 Å². The molecule has 0 aliphatic rings. The summed E-state index contributed by atoms with van der Waals surface area (Å²) in [7, 11) is 0. The van der Waals surface area contributed by atoms with Gasteiger partial charge >= 0.3 is 0 Å². The molecule has 3 heteroatoms. The van der Waals surface area contributed by atoms with Gasteiger partial charge in [0.15, 0.2) is 0 Å². The highest BCUT2D eigenvalue weighted by molar-refractivity contribution is 9.10. The van der Waals surface area contributed by atoms with Gasteiger partial charge in [-0.15, -0.1) is 0 Å². The van der Waals surface area contributed by atoms with Crippen LogP contribution in [0.4, 0.5) is 0 Å². The maximum absolute atomic E-state index is 4.07. The van der Waals surface area contributed by atoms with Gasteiger partial charge in [-0.05, 0) is 12.1 Å². The highest BCUT2D eigenvalue weighted by atomic mass is 79.9.